The molecule has 98 valence electrons. The summed E-state index contributed by atoms with van der Waals surface area (Å²) in [4.78, 5) is 0. The van der Waals surface area contributed by atoms with E-state index in [2.05, 4.69) is 0 Å². The topological polar surface area (TPSA) is 64.7 Å². The molecule has 0 atom stereocenters. The Labute approximate surface area is 105 Å². The van der Waals surface area contributed by atoms with Crippen LogP contribution in [0.3, 0.4) is 0 Å². The summed E-state index contributed by atoms with van der Waals surface area (Å²) in [5, 5.41) is 9.64. The number of fused-ring (bicyclic) bond motifs is 1. The molecule has 1 aliphatic carbocycles. The van der Waals surface area contributed by atoms with Gasteiger partial charge in [0.25, 0.3) is 0 Å². The van der Waals surface area contributed by atoms with Gasteiger partial charge in [-0.05, 0) is 12.8 Å². The van der Waals surface area contributed by atoms with Crippen LogP contribution in [0, 0.1) is 5.82 Å². The fourth-order valence-corrected chi connectivity index (χ4v) is 2.88. The van der Waals surface area contributed by atoms with Crippen molar-refractivity contribution in [3.05, 3.63) is 17.4 Å². The highest BCUT2D eigenvalue weighted by molar-refractivity contribution is 5.56. The maximum absolute atomic E-state index is 14.2. The second-order valence-corrected chi connectivity index (χ2v) is 5.04. The Hall–Kier alpha value is -1.49. The van der Waals surface area contributed by atoms with Gasteiger partial charge in [-0.1, -0.05) is 19.3 Å². The molecule has 5 heteroatoms. The summed E-state index contributed by atoms with van der Waals surface area (Å²) < 4.78 is 24.8. The highest BCUT2D eigenvalue weighted by Crippen LogP contribution is 2.48. The fraction of sp³-hybridized carbons (Fsp3) is 0.538. The summed E-state index contributed by atoms with van der Waals surface area (Å²) in [6.07, 6.45) is 4.42. The van der Waals surface area contributed by atoms with Gasteiger partial charge >= 0.3 is 0 Å². The van der Waals surface area contributed by atoms with E-state index >= 15 is 0 Å². The lowest BCUT2D eigenvalue weighted by molar-refractivity contribution is 0.170. The molecule has 3 rings (SSSR count). The van der Waals surface area contributed by atoms with Crippen LogP contribution in [0.25, 0.3) is 0 Å². The molecule has 1 saturated carbocycles. The Bertz CT molecular complexity index is 484. The summed E-state index contributed by atoms with van der Waals surface area (Å²) in [6, 6.07) is 1.24. The normalized spacial score (nSPS) is 21.0. The SMILES string of the molecule is NC1(c2c(F)c(O)cc3c2OCO3)CCCCC1. The molecular weight excluding hydrogens is 237 g/mol. The highest BCUT2D eigenvalue weighted by atomic mass is 19.1. The van der Waals surface area contributed by atoms with E-state index in [1.165, 1.54) is 6.07 Å². The Balaban J connectivity index is 2.15. The zero-order chi connectivity index (χ0) is 12.8. The number of hydrogen-bond acceptors (Lipinski definition) is 4. The molecule has 0 radical (unpaired) electrons. The van der Waals surface area contributed by atoms with Crippen molar-refractivity contribution in [1.82, 2.24) is 0 Å². The van der Waals surface area contributed by atoms with Crippen LogP contribution in [0.2, 0.25) is 0 Å². The molecule has 0 amide bonds. The average molecular weight is 253 g/mol. The summed E-state index contributed by atoms with van der Waals surface area (Å²) in [5.41, 5.74) is 5.84. The van der Waals surface area contributed by atoms with E-state index in [1.807, 2.05) is 0 Å². The van der Waals surface area contributed by atoms with Crippen molar-refractivity contribution in [3.8, 4) is 17.2 Å². The summed E-state index contributed by atoms with van der Waals surface area (Å²) >= 11 is 0. The third-order valence-electron chi connectivity index (χ3n) is 3.82. The second-order valence-electron chi connectivity index (χ2n) is 5.04. The Kier molecular flexibility index (Phi) is 2.59. The van der Waals surface area contributed by atoms with Gasteiger partial charge in [-0.25, -0.2) is 4.39 Å². The lowest BCUT2D eigenvalue weighted by atomic mass is 9.76. The largest absolute Gasteiger partial charge is 0.505 e. The summed E-state index contributed by atoms with van der Waals surface area (Å²) in [5.74, 6) is -0.373. The molecule has 2 aliphatic rings. The zero-order valence-corrected chi connectivity index (χ0v) is 10.0. The van der Waals surface area contributed by atoms with Crippen LogP contribution in [0.15, 0.2) is 6.07 Å². The van der Waals surface area contributed by atoms with Crippen molar-refractivity contribution < 1.29 is 19.0 Å². The number of halogens is 1. The molecule has 1 heterocycles. The summed E-state index contributed by atoms with van der Waals surface area (Å²) in [7, 11) is 0. The fourth-order valence-electron chi connectivity index (χ4n) is 2.88. The monoisotopic (exact) mass is 253 g/mol. The van der Waals surface area contributed by atoms with E-state index in [4.69, 9.17) is 15.2 Å². The second kappa shape index (κ2) is 4.02. The minimum Gasteiger partial charge on any atom is -0.505 e. The van der Waals surface area contributed by atoms with Crippen LogP contribution in [0.1, 0.15) is 37.7 Å². The average Bonchev–Trinajstić information content (AvgIpc) is 2.78. The van der Waals surface area contributed by atoms with Crippen LogP contribution < -0.4 is 15.2 Å². The quantitative estimate of drug-likeness (QED) is 0.806. The predicted octanol–water partition coefficient (Wildman–Crippen LogP) is 2.38. The minimum absolute atomic E-state index is 0.0430. The Morgan fingerprint density at radius 1 is 1.22 bits per heavy atom. The third-order valence-corrected chi connectivity index (χ3v) is 3.82. The molecule has 0 aromatic heterocycles. The van der Waals surface area contributed by atoms with Gasteiger partial charge < -0.3 is 20.3 Å². The predicted molar refractivity (Wildman–Crippen MR) is 63.1 cm³/mol. The van der Waals surface area contributed by atoms with Crippen LogP contribution in [-0.4, -0.2) is 11.9 Å². The molecule has 0 bridgehead atoms. The van der Waals surface area contributed by atoms with Gasteiger partial charge in [-0.3, -0.25) is 0 Å². The van der Waals surface area contributed by atoms with Gasteiger partial charge in [0, 0.05) is 11.6 Å². The standard InChI is InChI=1S/C13H16FNO3/c14-11-8(16)6-9-12(18-7-17-9)10(11)13(15)4-2-1-3-5-13/h6,16H,1-5,7,15H2. The third kappa shape index (κ3) is 1.61. The first-order valence-electron chi connectivity index (χ1n) is 6.22. The van der Waals surface area contributed by atoms with E-state index in [0.717, 1.165) is 19.3 Å². The lowest BCUT2D eigenvalue weighted by Gasteiger charge is -2.34. The maximum atomic E-state index is 14.2. The van der Waals surface area contributed by atoms with Crippen molar-refractivity contribution in [2.45, 2.75) is 37.6 Å². The lowest BCUT2D eigenvalue weighted by Crippen LogP contribution is -2.39. The first kappa shape index (κ1) is 11.6. The van der Waals surface area contributed by atoms with Crippen molar-refractivity contribution in [1.29, 1.82) is 0 Å². The van der Waals surface area contributed by atoms with Crippen molar-refractivity contribution in [3.63, 3.8) is 0 Å². The number of rotatable bonds is 1. The molecule has 4 nitrogen and oxygen atoms in total. The van der Waals surface area contributed by atoms with Crippen molar-refractivity contribution >= 4 is 0 Å². The highest BCUT2D eigenvalue weighted by Gasteiger charge is 2.39. The van der Waals surface area contributed by atoms with Gasteiger partial charge in [0.2, 0.25) is 6.79 Å². The first-order chi connectivity index (χ1) is 8.62. The molecule has 0 spiro atoms. The van der Waals surface area contributed by atoms with Crippen LogP contribution >= 0.6 is 0 Å². The van der Waals surface area contributed by atoms with Crippen LogP contribution in [-0.2, 0) is 5.54 Å². The van der Waals surface area contributed by atoms with Gasteiger partial charge in [0.15, 0.2) is 23.1 Å². The van der Waals surface area contributed by atoms with E-state index in [0.29, 0.717) is 24.3 Å². The number of phenols is 1. The number of aromatic hydroxyl groups is 1. The van der Waals surface area contributed by atoms with Crippen molar-refractivity contribution in [2.75, 3.05) is 6.79 Å². The van der Waals surface area contributed by atoms with Crippen LogP contribution in [0.4, 0.5) is 4.39 Å². The Morgan fingerprint density at radius 2 is 1.94 bits per heavy atom. The van der Waals surface area contributed by atoms with E-state index < -0.39 is 17.1 Å². The van der Waals surface area contributed by atoms with Gasteiger partial charge in [-0.15, -0.1) is 0 Å². The number of nitrogens with two attached hydrogens (primary N) is 1. The number of hydrogen-bond donors (Lipinski definition) is 2. The van der Waals surface area contributed by atoms with Crippen LogP contribution in [0.5, 0.6) is 17.2 Å². The molecule has 18 heavy (non-hydrogen) atoms. The molecule has 0 saturated heterocycles. The van der Waals surface area contributed by atoms with Crippen molar-refractivity contribution in [2.24, 2.45) is 5.73 Å². The van der Waals surface area contributed by atoms with Gasteiger partial charge in [0.05, 0.1) is 5.56 Å². The smallest absolute Gasteiger partial charge is 0.231 e. The van der Waals surface area contributed by atoms with E-state index in [9.17, 15) is 9.50 Å². The first-order valence-corrected chi connectivity index (χ1v) is 6.22. The number of phenolic OH excluding ortho intramolecular Hbond substituents is 1. The molecule has 1 aliphatic heterocycles. The molecule has 1 aromatic carbocycles. The number of ether oxygens (including phenoxy) is 2. The Morgan fingerprint density at radius 3 is 2.67 bits per heavy atom. The molecule has 3 N–H and O–H groups in total. The minimum atomic E-state index is -0.765. The molecule has 1 fully saturated rings. The zero-order valence-electron chi connectivity index (χ0n) is 10.0. The molecule has 1 aromatic rings. The maximum Gasteiger partial charge on any atom is 0.231 e. The number of benzene rings is 1. The van der Waals surface area contributed by atoms with E-state index in [-0.39, 0.29) is 12.4 Å². The van der Waals surface area contributed by atoms with E-state index in [1.54, 1.807) is 0 Å². The molecule has 0 unspecified atom stereocenters. The van der Waals surface area contributed by atoms with Gasteiger partial charge in [-0.2, -0.15) is 0 Å². The van der Waals surface area contributed by atoms with Gasteiger partial charge in [0.1, 0.15) is 0 Å². The molecular formula is C13H16FNO3. The summed E-state index contributed by atoms with van der Waals surface area (Å²) in [6.45, 7) is 0.0430.